The van der Waals surface area contributed by atoms with Gasteiger partial charge >= 0.3 is 0 Å². The number of anilines is 2. The van der Waals surface area contributed by atoms with Crippen molar-refractivity contribution in [2.24, 2.45) is 0 Å². The minimum absolute atomic E-state index is 0.0586. The van der Waals surface area contributed by atoms with Gasteiger partial charge in [-0.2, -0.15) is 0 Å². The molecule has 2 aromatic rings. The van der Waals surface area contributed by atoms with E-state index in [0.29, 0.717) is 22.7 Å². The first-order chi connectivity index (χ1) is 10.0. The van der Waals surface area contributed by atoms with Crippen LogP contribution in [0, 0.1) is 0 Å². The molecule has 0 bridgehead atoms. The van der Waals surface area contributed by atoms with E-state index in [1.807, 2.05) is 12.1 Å². The number of rotatable bonds is 2. The Bertz CT molecular complexity index is 743. The summed E-state index contributed by atoms with van der Waals surface area (Å²) in [6.07, 6.45) is 0.368. The van der Waals surface area contributed by atoms with Crippen molar-refractivity contribution in [2.75, 3.05) is 17.3 Å². The van der Waals surface area contributed by atoms with Crippen LogP contribution in [-0.2, 0) is 11.2 Å². The topological polar surface area (TPSA) is 49.4 Å². The van der Waals surface area contributed by atoms with Crippen LogP contribution >= 0.6 is 11.6 Å². The van der Waals surface area contributed by atoms with Gasteiger partial charge in [0, 0.05) is 29.0 Å². The largest absolute Gasteiger partial charge is 0.322 e. The second-order valence-corrected chi connectivity index (χ2v) is 5.37. The van der Waals surface area contributed by atoms with E-state index in [-0.39, 0.29) is 11.8 Å². The number of carbonyl (C=O) groups excluding carboxylic acids is 2. The fourth-order valence-corrected chi connectivity index (χ4v) is 2.57. The van der Waals surface area contributed by atoms with Crippen LogP contribution < -0.4 is 10.2 Å². The first kappa shape index (κ1) is 13.6. The van der Waals surface area contributed by atoms with Crippen molar-refractivity contribution >= 4 is 34.8 Å². The molecule has 0 saturated carbocycles. The molecule has 3 rings (SSSR count). The zero-order chi connectivity index (χ0) is 15.0. The minimum Gasteiger partial charge on any atom is -0.322 e. The summed E-state index contributed by atoms with van der Waals surface area (Å²) in [5.74, 6) is -0.168. The van der Waals surface area contributed by atoms with E-state index in [4.69, 9.17) is 11.6 Å². The molecule has 0 atom stereocenters. The van der Waals surface area contributed by atoms with E-state index >= 15 is 0 Å². The maximum Gasteiger partial charge on any atom is 0.255 e. The summed E-state index contributed by atoms with van der Waals surface area (Å²) in [5, 5.41) is 3.33. The van der Waals surface area contributed by atoms with E-state index in [2.05, 4.69) is 5.32 Å². The molecule has 0 unspecified atom stereocenters. The molecule has 1 heterocycles. The molecule has 0 fully saturated rings. The second kappa shape index (κ2) is 5.22. The van der Waals surface area contributed by atoms with Crippen LogP contribution in [0.5, 0.6) is 0 Å². The number of nitrogens with one attached hydrogen (secondary N) is 1. The van der Waals surface area contributed by atoms with Crippen LogP contribution in [0.4, 0.5) is 11.4 Å². The molecule has 1 aliphatic rings. The predicted octanol–water partition coefficient (Wildman–Crippen LogP) is 3.11. The number of hydrogen-bond acceptors (Lipinski definition) is 2. The zero-order valence-electron chi connectivity index (χ0n) is 11.4. The number of fused-ring (bicyclic) bond motifs is 1. The van der Waals surface area contributed by atoms with E-state index in [9.17, 15) is 9.59 Å². The monoisotopic (exact) mass is 300 g/mol. The number of halogens is 1. The fraction of sp³-hybridized carbons (Fsp3) is 0.125. The molecule has 106 valence electrons. The van der Waals surface area contributed by atoms with Gasteiger partial charge in [0.25, 0.3) is 5.91 Å². The van der Waals surface area contributed by atoms with Crippen molar-refractivity contribution in [3.8, 4) is 0 Å². The van der Waals surface area contributed by atoms with E-state index in [0.717, 1.165) is 11.3 Å². The average Bonchev–Trinajstić information content (AvgIpc) is 2.73. The summed E-state index contributed by atoms with van der Waals surface area (Å²) in [5.41, 5.74) is 2.98. The van der Waals surface area contributed by atoms with Crippen LogP contribution in [0.15, 0.2) is 42.5 Å². The summed E-state index contributed by atoms with van der Waals surface area (Å²) >= 11 is 5.88. The molecular formula is C16H13ClN2O2. The predicted molar refractivity (Wildman–Crippen MR) is 83.0 cm³/mol. The van der Waals surface area contributed by atoms with Crippen molar-refractivity contribution in [3.63, 3.8) is 0 Å². The van der Waals surface area contributed by atoms with Crippen molar-refractivity contribution in [2.45, 2.75) is 6.42 Å². The molecule has 0 saturated heterocycles. The number of benzene rings is 2. The number of nitrogens with zero attached hydrogens (tertiary/aromatic N) is 1. The smallest absolute Gasteiger partial charge is 0.255 e. The molecule has 0 aliphatic carbocycles. The third-order valence-electron chi connectivity index (χ3n) is 3.50. The SMILES string of the molecule is CN1C(=O)Cc2cc(NC(=O)c3cccc(Cl)c3)ccc21. The molecule has 2 aromatic carbocycles. The van der Waals surface area contributed by atoms with Gasteiger partial charge in [0.1, 0.15) is 0 Å². The van der Waals surface area contributed by atoms with Gasteiger partial charge in [-0.05, 0) is 42.0 Å². The minimum atomic E-state index is -0.227. The lowest BCUT2D eigenvalue weighted by molar-refractivity contribution is -0.117. The van der Waals surface area contributed by atoms with Crippen LogP contribution in [0.25, 0.3) is 0 Å². The lowest BCUT2D eigenvalue weighted by atomic mass is 10.1. The van der Waals surface area contributed by atoms with E-state index in [1.54, 1.807) is 42.3 Å². The Morgan fingerprint density at radius 3 is 2.81 bits per heavy atom. The van der Waals surface area contributed by atoms with Gasteiger partial charge in [-0.15, -0.1) is 0 Å². The van der Waals surface area contributed by atoms with E-state index in [1.165, 1.54) is 0 Å². The maximum atomic E-state index is 12.1. The summed E-state index contributed by atoms with van der Waals surface area (Å²) in [7, 11) is 1.75. The number of carbonyl (C=O) groups is 2. The summed E-state index contributed by atoms with van der Waals surface area (Å²) in [4.78, 5) is 25.4. The summed E-state index contributed by atoms with van der Waals surface area (Å²) in [6, 6.07) is 12.2. The Morgan fingerprint density at radius 2 is 2.05 bits per heavy atom. The molecule has 0 aromatic heterocycles. The highest BCUT2D eigenvalue weighted by atomic mass is 35.5. The quantitative estimate of drug-likeness (QED) is 0.926. The Balaban J connectivity index is 1.82. The third kappa shape index (κ3) is 2.62. The first-order valence-electron chi connectivity index (χ1n) is 6.51. The third-order valence-corrected chi connectivity index (χ3v) is 3.74. The van der Waals surface area contributed by atoms with Crippen molar-refractivity contribution in [3.05, 3.63) is 58.6 Å². The summed E-state index contributed by atoms with van der Waals surface area (Å²) in [6.45, 7) is 0. The Kier molecular flexibility index (Phi) is 3.39. The van der Waals surface area contributed by atoms with Crippen molar-refractivity contribution < 1.29 is 9.59 Å². The lowest BCUT2D eigenvalue weighted by Gasteiger charge is -2.11. The summed E-state index contributed by atoms with van der Waals surface area (Å²) < 4.78 is 0. The highest BCUT2D eigenvalue weighted by Crippen LogP contribution is 2.30. The molecule has 21 heavy (non-hydrogen) atoms. The van der Waals surface area contributed by atoms with Gasteiger partial charge in [0.15, 0.2) is 0 Å². The van der Waals surface area contributed by atoms with Gasteiger partial charge < -0.3 is 10.2 Å². The molecule has 5 heteroatoms. The molecule has 0 spiro atoms. The lowest BCUT2D eigenvalue weighted by Crippen LogP contribution is -2.20. The van der Waals surface area contributed by atoms with Crippen LogP contribution in [-0.4, -0.2) is 18.9 Å². The Labute approximate surface area is 127 Å². The van der Waals surface area contributed by atoms with Crippen LogP contribution in [0.1, 0.15) is 15.9 Å². The van der Waals surface area contributed by atoms with Crippen molar-refractivity contribution in [1.29, 1.82) is 0 Å². The Morgan fingerprint density at radius 1 is 1.24 bits per heavy atom. The van der Waals surface area contributed by atoms with Crippen LogP contribution in [0.2, 0.25) is 5.02 Å². The number of likely N-dealkylation sites (N-methyl/N-ethyl adjacent to an activating group) is 1. The Hall–Kier alpha value is -2.33. The normalized spacial score (nSPS) is 13.2. The zero-order valence-corrected chi connectivity index (χ0v) is 12.1. The first-order valence-corrected chi connectivity index (χ1v) is 6.89. The van der Waals surface area contributed by atoms with Gasteiger partial charge in [0.2, 0.25) is 5.91 Å². The maximum absolute atomic E-state index is 12.1. The van der Waals surface area contributed by atoms with Gasteiger partial charge in [-0.3, -0.25) is 9.59 Å². The average molecular weight is 301 g/mol. The molecule has 2 amide bonds. The van der Waals surface area contributed by atoms with Crippen LogP contribution in [0.3, 0.4) is 0 Å². The highest BCUT2D eigenvalue weighted by Gasteiger charge is 2.24. The van der Waals surface area contributed by atoms with E-state index < -0.39 is 0 Å². The molecule has 4 nitrogen and oxygen atoms in total. The highest BCUT2D eigenvalue weighted by molar-refractivity contribution is 6.31. The molecular weight excluding hydrogens is 288 g/mol. The van der Waals surface area contributed by atoms with Gasteiger partial charge in [-0.25, -0.2) is 0 Å². The van der Waals surface area contributed by atoms with Crippen molar-refractivity contribution in [1.82, 2.24) is 0 Å². The molecule has 1 aliphatic heterocycles. The molecule has 1 N–H and O–H groups in total. The number of hydrogen-bond donors (Lipinski definition) is 1. The molecule has 0 radical (unpaired) electrons. The fourth-order valence-electron chi connectivity index (χ4n) is 2.38. The van der Waals surface area contributed by atoms with Gasteiger partial charge in [-0.1, -0.05) is 17.7 Å². The second-order valence-electron chi connectivity index (χ2n) is 4.94. The standard InChI is InChI=1S/C16H13ClN2O2/c1-19-14-6-5-13(8-11(14)9-15(19)20)18-16(21)10-3-2-4-12(17)7-10/h2-8H,9H2,1H3,(H,18,21). The van der Waals surface area contributed by atoms with Gasteiger partial charge in [0.05, 0.1) is 6.42 Å². The number of amides is 2.